The summed E-state index contributed by atoms with van der Waals surface area (Å²) in [6.07, 6.45) is 0. The molecule has 0 amide bonds. The molecule has 0 unspecified atom stereocenters. The molecule has 0 fully saturated rings. The number of carbonyl (C=O) groups excluding carboxylic acids is 1. The SMILES string of the molecule is CC(=O)OCCN=C(c1ccccc1)c1ccccc1. The monoisotopic (exact) mass is 267 g/mol. The van der Waals surface area contributed by atoms with Crippen molar-refractivity contribution < 1.29 is 9.53 Å². The number of hydrogen-bond donors (Lipinski definition) is 0. The fraction of sp³-hybridized carbons (Fsp3) is 0.176. The van der Waals surface area contributed by atoms with Gasteiger partial charge in [0.1, 0.15) is 6.61 Å². The number of rotatable bonds is 5. The zero-order valence-electron chi connectivity index (χ0n) is 11.5. The van der Waals surface area contributed by atoms with E-state index in [0.29, 0.717) is 13.2 Å². The fourth-order valence-electron chi connectivity index (χ4n) is 1.89. The molecule has 0 aliphatic heterocycles. The summed E-state index contributed by atoms with van der Waals surface area (Å²) in [5, 5.41) is 0. The molecule has 2 aromatic carbocycles. The summed E-state index contributed by atoms with van der Waals surface area (Å²) in [5.41, 5.74) is 3.03. The predicted octanol–water partition coefficient (Wildman–Crippen LogP) is 3.09. The minimum Gasteiger partial charge on any atom is -0.464 e. The number of nitrogens with zero attached hydrogens (tertiary/aromatic N) is 1. The van der Waals surface area contributed by atoms with Gasteiger partial charge in [-0.3, -0.25) is 9.79 Å². The van der Waals surface area contributed by atoms with Gasteiger partial charge >= 0.3 is 5.97 Å². The molecule has 0 heterocycles. The van der Waals surface area contributed by atoms with Crippen LogP contribution in [0.1, 0.15) is 18.1 Å². The summed E-state index contributed by atoms with van der Waals surface area (Å²) in [6, 6.07) is 20.0. The molecule has 3 heteroatoms. The van der Waals surface area contributed by atoms with Gasteiger partial charge < -0.3 is 4.74 Å². The third kappa shape index (κ3) is 4.05. The Morgan fingerprint density at radius 3 is 1.90 bits per heavy atom. The van der Waals surface area contributed by atoms with Crippen LogP contribution in [0.5, 0.6) is 0 Å². The number of benzene rings is 2. The maximum absolute atomic E-state index is 10.8. The van der Waals surface area contributed by atoms with Crippen LogP contribution in [0.3, 0.4) is 0 Å². The highest BCUT2D eigenvalue weighted by Crippen LogP contribution is 2.10. The summed E-state index contributed by atoms with van der Waals surface area (Å²) in [4.78, 5) is 15.3. The van der Waals surface area contributed by atoms with Crippen molar-refractivity contribution in [1.82, 2.24) is 0 Å². The molecule has 0 saturated heterocycles. The Kier molecular flexibility index (Phi) is 5.07. The van der Waals surface area contributed by atoms with Crippen LogP contribution in [-0.4, -0.2) is 24.8 Å². The van der Waals surface area contributed by atoms with Gasteiger partial charge in [0.15, 0.2) is 0 Å². The van der Waals surface area contributed by atoms with Crippen LogP contribution in [0.4, 0.5) is 0 Å². The lowest BCUT2D eigenvalue weighted by Crippen LogP contribution is -2.08. The van der Waals surface area contributed by atoms with E-state index in [1.807, 2.05) is 60.7 Å². The molecular weight excluding hydrogens is 250 g/mol. The van der Waals surface area contributed by atoms with E-state index in [1.165, 1.54) is 6.92 Å². The van der Waals surface area contributed by atoms with E-state index in [4.69, 9.17) is 4.74 Å². The van der Waals surface area contributed by atoms with Crippen LogP contribution in [0, 0.1) is 0 Å². The molecule has 3 nitrogen and oxygen atoms in total. The van der Waals surface area contributed by atoms with E-state index in [-0.39, 0.29) is 5.97 Å². The van der Waals surface area contributed by atoms with E-state index in [0.717, 1.165) is 16.8 Å². The van der Waals surface area contributed by atoms with Gasteiger partial charge in [-0.05, 0) is 0 Å². The summed E-state index contributed by atoms with van der Waals surface area (Å²) in [6.45, 7) is 2.16. The first-order valence-corrected chi connectivity index (χ1v) is 6.56. The van der Waals surface area contributed by atoms with Crippen molar-refractivity contribution in [1.29, 1.82) is 0 Å². The van der Waals surface area contributed by atoms with Crippen molar-refractivity contribution in [2.45, 2.75) is 6.92 Å². The normalized spacial score (nSPS) is 9.85. The molecular formula is C17H17NO2. The topological polar surface area (TPSA) is 38.7 Å². The standard InChI is InChI=1S/C17H17NO2/c1-14(19)20-13-12-18-17(15-8-4-2-5-9-15)16-10-6-3-7-11-16/h2-11H,12-13H2,1H3. The van der Waals surface area contributed by atoms with Crippen LogP contribution in [0.25, 0.3) is 0 Å². The van der Waals surface area contributed by atoms with E-state index in [2.05, 4.69) is 4.99 Å². The number of carbonyl (C=O) groups is 1. The predicted molar refractivity (Wildman–Crippen MR) is 80.0 cm³/mol. The highest BCUT2D eigenvalue weighted by atomic mass is 16.5. The van der Waals surface area contributed by atoms with Crippen molar-refractivity contribution in [3.63, 3.8) is 0 Å². The molecule has 0 spiro atoms. The fourth-order valence-corrected chi connectivity index (χ4v) is 1.89. The molecule has 0 aliphatic rings. The zero-order valence-corrected chi connectivity index (χ0v) is 11.5. The number of aliphatic imine (C=N–C) groups is 1. The largest absolute Gasteiger partial charge is 0.464 e. The molecule has 0 bridgehead atoms. The van der Waals surface area contributed by atoms with Gasteiger partial charge in [-0.1, -0.05) is 60.7 Å². The summed E-state index contributed by atoms with van der Waals surface area (Å²) in [5.74, 6) is -0.277. The van der Waals surface area contributed by atoms with Crippen molar-refractivity contribution in [3.8, 4) is 0 Å². The van der Waals surface area contributed by atoms with Gasteiger partial charge in [-0.25, -0.2) is 0 Å². The highest BCUT2D eigenvalue weighted by Gasteiger charge is 2.05. The molecule has 0 atom stereocenters. The summed E-state index contributed by atoms with van der Waals surface area (Å²) >= 11 is 0. The molecule has 0 N–H and O–H groups in total. The van der Waals surface area contributed by atoms with Crippen molar-refractivity contribution in [3.05, 3.63) is 71.8 Å². The Hall–Kier alpha value is -2.42. The zero-order chi connectivity index (χ0) is 14.2. The van der Waals surface area contributed by atoms with Gasteiger partial charge in [-0.15, -0.1) is 0 Å². The van der Waals surface area contributed by atoms with Gasteiger partial charge in [0.05, 0.1) is 12.3 Å². The lowest BCUT2D eigenvalue weighted by Gasteiger charge is -2.07. The second-order valence-corrected chi connectivity index (χ2v) is 4.30. The van der Waals surface area contributed by atoms with Crippen LogP contribution < -0.4 is 0 Å². The van der Waals surface area contributed by atoms with Gasteiger partial charge in [0, 0.05) is 18.1 Å². The van der Waals surface area contributed by atoms with Crippen molar-refractivity contribution in [2.24, 2.45) is 4.99 Å². The van der Waals surface area contributed by atoms with Gasteiger partial charge in [0.2, 0.25) is 0 Å². The quantitative estimate of drug-likeness (QED) is 0.474. The Morgan fingerprint density at radius 2 is 1.45 bits per heavy atom. The van der Waals surface area contributed by atoms with Crippen molar-refractivity contribution in [2.75, 3.05) is 13.2 Å². The van der Waals surface area contributed by atoms with Gasteiger partial charge in [0.25, 0.3) is 0 Å². The first-order chi connectivity index (χ1) is 9.77. The average molecular weight is 267 g/mol. The van der Waals surface area contributed by atoms with E-state index < -0.39 is 0 Å². The molecule has 102 valence electrons. The molecule has 20 heavy (non-hydrogen) atoms. The number of ether oxygens (including phenoxy) is 1. The Bertz CT molecular complexity index is 535. The van der Waals surface area contributed by atoms with Crippen LogP contribution in [0.2, 0.25) is 0 Å². The molecule has 2 aromatic rings. The van der Waals surface area contributed by atoms with Crippen LogP contribution in [-0.2, 0) is 9.53 Å². The van der Waals surface area contributed by atoms with Crippen LogP contribution in [0.15, 0.2) is 65.7 Å². The molecule has 2 rings (SSSR count). The maximum Gasteiger partial charge on any atom is 0.302 e. The molecule has 0 aromatic heterocycles. The second kappa shape index (κ2) is 7.24. The molecule has 0 saturated carbocycles. The summed E-state index contributed by atoms with van der Waals surface area (Å²) < 4.78 is 4.92. The minimum atomic E-state index is -0.277. The van der Waals surface area contributed by atoms with Crippen LogP contribution >= 0.6 is 0 Å². The van der Waals surface area contributed by atoms with Gasteiger partial charge in [-0.2, -0.15) is 0 Å². The lowest BCUT2D eigenvalue weighted by molar-refractivity contribution is -0.140. The number of hydrogen-bond acceptors (Lipinski definition) is 3. The Balaban J connectivity index is 2.21. The smallest absolute Gasteiger partial charge is 0.302 e. The molecule has 0 aliphatic carbocycles. The third-order valence-corrected chi connectivity index (χ3v) is 2.76. The first-order valence-electron chi connectivity index (χ1n) is 6.56. The Morgan fingerprint density at radius 1 is 0.950 bits per heavy atom. The lowest BCUT2D eigenvalue weighted by atomic mass is 10.0. The third-order valence-electron chi connectivity index (χ3n) is 2.76. The minimum absolute atomic E-state index is 0.277. The first kappa shape index (κ1) is 14.0. The average Bonchev–Trinajstić information content (AvgIpc) is 2.49. The molecule has 0 radical (unpaired) electrons. The van der Waals surface area contributed by atoms with E-state index in [1.54, 1.807) is 0 Å². The van der Waals surface area contributed by atoms with E-state index >= 15 is 0 Å². The second-order valence-electron chi connectivity index (χ2n) is 4.30. The number of esters is 1. The summed E-state index contributed by atoms with van der Waals surface area (Å²) in [7, 11) is 0. The Labute approximate surface area is 118 Å². The maximum atomic E-state index is 10.8. The highest BCUT2D eigenvalue weighted by molar-refractivity contribution is 6.12. The van der Waals surface area contributed by atoms with Crippen molar-refractivity contribution >= 4 is 11.7 Å². The van der Waals surface area contributed by atoms with E-state index in [9.17, 15) is 4.79 Å².